The largest absolute Gasteiger partial charge is 0.365 e. The Morgan fingerprint density at radius 2 is 1.93 bits per heavy atom. The van der Waals surface area contributed by atoms with Gasteiger partial charge in [0.2, 0.25) is 5.91 Å². The van der Waals surface area contributed by atoms with Crippen molar-refractivity contribution in [1.29, 1.82) is 0 Å². The lowest BCUT2D eigenvalue weighted by Crippen LogP contribution is -2.35. The molecule has 0 saturated carbocycles. The van der Waals surface area contributed by atoms with E-state index in [9.17, 15) is 9.59 Å². The number of thiophene rings is 1. The maximum atomic E-state index is 12.3. The fourth-order valence-corrected chi connectivity index (χ4v) is 5.51. The number of rotatable bonds is 4. The van der Waals surface area contributed by atoms with E-state index < -0.39 is 5.91 Å². The topological polar surface area (TPSA) is 84.2 Å². The number of hydrogen-bond donors (Lipinski definition) is 3. The summed E-state index contributed by atoms with van der Waals surface area (Å²) in [4.78, 5) is 25.6. The second-order valence-corrected chi connectivity index (χ2v) is 10.6. The Balaban J connectivity index is 1.70. The van der Waals surface area contributed by atoms with Crippen LogP contribution < -0.4 is 16.4 Å². The third-order valence-electron chi connectivity index (χ3n) is 5.49. The first-order valence-electron chi connectivity index (χ1n) is 9.84. The van der Waals surface area contributed by atoms with Gasteiger partial charge in [-0.2, -0.15) is 0 Å². The summed E-state index contributed by atoms with van der Waals surface area (Å²) in [7, 11) is 0. The number of anilines is 1. The molecule has 0 aliphatic heterocycles. The van der Waals surface area contributed by atoms with Crippen molar-refractivity contribution in [3.63, 3.8) is 0 Å². The molecule has 0 radical (unpaired) electrons. The molecule has 0 saturated heterocycles. The summed E-state index contributed by atoms with van der Waals surface area (Å²) in [6.07, 6.45) is 2.94. The number of fused-ring (bicyclic) bond motifs is 1. The minimum Gasteiger partial charge on any atom is -0.365 e. The average Bonchev–Trinajstić information content (AvgIpc) is 2.99. The molecule has 2 aromatic rings. The van der Waals surface area contributed by atoms with Crippen LogP contribution in [-0.4, -0.2) is 16.9 Å². The maximum Gasteiger partial charge on any atom is 0.251 e. The Morgan fingerprint density at radius 1 is 1.27 bits per heavy atom. The average molecular weight is 464 g/mol. The van der Waals surface area contributed by atoms with Gasteiger partial charge in [0, 0.05) is 9.90 Å². The number of benzene rings is 1. The second kappa shape index (κ2) is 9.04. The summed E-state index contributed by atoms with van der Waals surface area (Å²) in [5.74, 6) is -0.174. The van der Waals surface area contributed by atoms with Crippen LogP contribution in [0, 0.1) is 11.3 Å². The van der Waals surface area contributed by atoms with Gasteiger partial charge in [-0.05, 0) is 66.1 Å². The molecule has 1 unspecified atom stereocenters. The summed E-state index contributed by atoms with van der Waals surface area (Å²) < 4.78 is 0. The highest BCUT2D eigenvalue weighted by atomic mass is 35.5. The van der Waals surface area contributed by atoms with Gasteiger partial charge in [0.05, 0.1) is 12.0 Å². The molecule has 160 valence electrons. The number of nitrogens with two attached hydrogens (primary N) is 1. The van der Waals surface area contributed by atoms with Crippen LogP contribution >= 0.6 is 35.2 Å². The van der Waals surface area contributed by atoms with Gasteiger partial charge >= 0.3 is 0 Å². The van der Waals surface area contributed by atoms with Crippen LogP contribution in [-0.2, 0) is 24.1 Å². The van der Waals surface area contributed by atoms with Crippen molar-refractivity contribution in [3.8, 4) is 0 Å². The van der Waals surface area contributed by atoms with E-state index in [1.54, 1.807) is 24.3 Å². The summed E-state index contributed by atoms with van der Waals surface area (Å²) in [6, 6.07) is 7.06. The molecule has 3 rings (SSSR count). The van der Waals surface area contributed by atoms with Gasteiger partial charge < -0.3 is 16.4 Å². The van der Waals surface area contributed by atoms with E-state index in [4.69, 9.17) is 29.6 Å². The molecule has 0 bridgehead atoms. The lowest BCUT2D eigenvalue weighted by molar-refractivity contribution is -0.119. The fourth-order valence-electron chi connectivity index (χ4n) is 3.77. The SMILES string of the molecule is CC(C)(C)C1CCc2c(sc(NC(=S)NC(=O)Cc3ccc(Cl)cc3)c2C(N)=O)C1. The molecule has 30 heavy (non-hydrogen) atoms. The van der Waals surface area contributed by atoms with Crippen molar-refractivity contribution < 1.29 is 9.59 Å². The van der Waals surface area contributed by atoms with Gasteiger partial charge in [-0.3, -0.25) is 9.59 Å². The normalized spacial score (nSPS) is 15.9. The first-order chi connectivity index (χ1) is 14.0. The lowest BCUT2D eigenvalue weighted by Gasteiger charge is -2.33. The van der Waals surface area contributed by atoms with E-state index in [1.807, 2.05) is 0 Å². The molecule has 1 aliphatic rings. The zero-order valence-electron chi connectivity index (χ0n) is 17.3. The number of amides is 2. The van der Waals surface area contributed by atoms with Crippen molar-refractivity contribution in [3.05, 3.63) is 50.9 Å². The van der Waals surface area contributed by atoms with Crippen LogP contribution in [0.15, 0.2) is 24.3 Å². The van der Waals surface area contributed by atoms with Crippen molar-refractivity contribution >= 4 is 57.1 Å². The number of primary amides is 1. The molecule has 0 spiro atoms. The van der Waals surface area contributed by atoms with Crippen LogP contribution in [0.4, 0.5) is 5.00 Å². The molecule has 1 atom stereocenters. The van der Waals surface area contributed by atoms with E-state index in [0.29, 0.717) is 21.5 Å². The number of thiocarbonyl (C=S) groups is 1. The van der Waals surface area contributed by atoms with Crippen LogP contribution in [0.3, 0.4) is 0 Å². The standard InChI is InChI=1S/C22H26ClN3O2S2/c1-22(2,3)13-6-9-15-16(11-13)30-20(18(15)19(24)28)26-21(29)25-17(27)10-12-4-7-14(23)8-5-12/h4-5,7-8,13H,6,9-11H2,1-3H3,(H2,24,28)(H2,25,26,27,29). The van der Waals surface area contributed by atoms with E-state index in [2.05, 4.69) is 31.4 Å². The van der Waals surface area contributed by atoms with Crippen LogP contribution in [0.5, 0.6) is 0 Å². The molecule has 5 nitrogen and oxygen atoms in total. The first-order valence-corrected chi connectivity index (χ1v) is 11.4. The molecule has 1 aromatic carbocycles. The van der Waals surface area contributed by atoms with Crippen molar-refractivity contribution in [1.82, 2.24) is 5.32 Å². The summed E-state index contributed by atoms with van der Waals surface area (Å²) >= 11 is 12.7. The van der Waals surface area contributed by atoms with Gasteiger partial charge in [-0.15, -0.1) is 11.3 Å². The van der Waals surface area contributed by atoms with E-state index in [0.717, 1.165) is 30.4 Å². The Bertz CT molecular complexity index is 978. The van der Waals surface area contributed by atoms with Gasteiger partial charge in [0.15, 0.2) is 5.11 Å². The van der Waals surface area contributed by atoms with Gasteiger partial charge in [-0.1, -0.05) is 44.5 Å². The second-order valence-electron chi connectivity index (χ2n) is 8.68. The van der Waals surface area contributed by atoms with Gasteiger partial charge in [0.1, 0.15) is 5.00 Å². The zero-order valence-corrected chi connectivity index (χ0v) is 19.7. The molecule has 1 heterocycles. The Morgan fingerprint density at radius 3 is 2.53 bits per heavy atom. The smallest absolute Gasteiger partial charge is 0.251 e. The maximum absolute atomic E-state index is 12.3. The molecule has 1 aromatic heterocycles. The number of nitrogens with one attached hydrogen (secondary N) is 2. The van der Waals surface area contributed by atoms with E-state index in [1.165, 1.54) is 16.2 Å². The van der Waals surface area contributed by atoms with Gasteiger partial charge in [0.25, 0.3) is 5.91 Å². The molecule has 2 amide bonds. The fraction of sp³-hybridized carbons (Fsp3) is 0.409. The number of hydrogen-bond acceptors (Lipinski definition) is 4. The van der Waals surface area contributed by atoms with Crippen molar-refractivity contribution in [2.75, 3.05) is 5.32 Å². The molecular weight excluding hydrogens is 438 g/mol. The molecule has 8 heteroatoms. The molecule has 4 N–H and O–H groups in total. The number of carbonyl (C=O) groups excluding carboxylic acids is 2. The van der Waals surface area contributed by atoms with Crippen LogP contribution in [0.1, 0.15) is 53.6 Å². The minimum atomic E-state index is -0.473. The quantitative estimate of drug-likeness (QED) is 0.573. The monoisotopic (exact) mass is 463 g/mol. The Labute approximate surface area is 191 Å². The van der Waals surface area contributed by atoms with Crippen molar-refractivity contribution in [2.24, 2.45) is 17.1 Å². The predicted molar refractivity (Wildman–Crippen MR) is 127 cm³/mol. The number of halogens is 1. The number of carbonyl (C=O) groups is 2. The summed E-state index contributed by atoms with van der Waals surface area (Å²) in [5, 5.41) is 7.08. The molecular formula is C22H26ClN3O2S2. The lowest BCUT2D eigenvalue weighted by atomic mass is 9.72. The zero-order chi connectivity index (χ0) is 22.1. The van der Waals surface area contributed by atoms with Crippen molar-refractivity contribution in [2.45, 2.75) is 46.5 Å². The molecule has 0 fully saturated rings. The highest BCUT2D eigenvalue weighted by molar-refractivity contribution is 7.80. The summed E-state index contributed by atoms with van der Waals surface area (Å²) in [5.41, 5.74) is 8.23. The summed E-state index contributed by atoms with van der Waals surface area (Å²) in [6.45, 7) is 6.74. The van der Waals surface area contributed by atoms with Crippen LogP contribution in [0.2, 0.25) is 5.02 Å². The predicted octanol–water partition coefficient (Wildman–Crippen LogP) is 4.71. The highest BCUT2D eigenvalue weighted by Crippen LogP contribution is 2.44. The van der Waals surface area contributed by atoms with Crippen LogP contribution in [0.25, 0.3) is 0 Å². The van der Waals surface area contributed by atoms with E-state index in [-0.39, 0.29) is 22.9 Å². The Kier molecular flexibility index (Phi) is 6.84. The van der Waals surface area contributed by atoms with Gasteiger partial charge in [-0.25, -0.2) is 0 Å². The minimum absolute atomic E-state index is 0.155. The van der Waals surface area contributed by atoms with E-state index >= 15 is 0 Å². The Hall–Kier alpha value is -1.96. The highest BCUT2D eigenvalue weighted by Gasteiger charge is 2.33. The third kappa shape index (κ3) is 5.39. The first kappa shape index (κ1) is 22.7. The molecule has 1 aliphatic carbocycles. The third-order valence-corrected chi connectivity index (χ3v) is 7.12.